The summed E-state index contributed by atoms with van der Waals surface area (Å²) in [6.45, 7) is -1.86. The fourth-order valence-corrected chi connectivity index (χ4v) is 12.8. The Hall–Kier alpha value is -0.0600. The monoisotopic (exact) mass is 684 g/mol. The molecule has 0 saturated carbocycles. The third-order valence-electron chi connectivity index (χ3n) is 5.40. The summed E-state index contributed by atoms with van der Waals surface area (Å²) < 4.78 is 160. The van der Waals surface area contributed by atoms with Crippen molar-refractivity contribution < 1.29 is 77.6 Å². The van der Waals surface area contributed by atoms with Crippen molar-refractivity contribution in [1.29, 1.82) is 0 Å². The summed E-state index contributed by atoms with van der Waals surface area (Å²) >= 11 is 0. The Bertz CT molecular complexity index is 1240. The molecule has 0 amide bonds. The molecular weight excluding hydrogens is 658 g/mol. The van der Waals surface area contributed by atoms with Crippen LogP contribution < -0.4 is 0 Å². The van der Waals surface area contributed by atoms with Crippen LogP contribution in [0.1, 0.15) is 6.42 Å². The summed E-state index contributed by atoms with van der Waals surface area (Å²) in [4.78, 5) is 0. The van der Waals surface area contributed by atoms with Crippen LogP contribution in [0.4, 0.5) is 0 Å². The molecule has 0 N–H and O–H groups in total. The second kappa shape index (κ2) is 11.6. The van der Waals surface area contributed by atoms with E-state index in [1.54, 1.807) is 0 Å². The van der Waals surface area contributed by atoms with Gasteiger partial charge >= 0.3 is 15.2 Å². The van der Waals surface area contributed by atoms with E-state index in [1.807, 2.05) is 0 Å². The van der Waals surface area contributed by atoms with Gasteiger partial charge in [0.05, 0.1) is 38.8 Å². The molecule has 0 aromatic heterocycles. The SMILES string of the molecule is O=P(CCCP(=O)(OC1COS(=O)(=O)C1)OC1COS(=O)(=O)C1)(OC1COS(=O)(=O)C1)OC1COS(=O)(=O)C1. The molecule has 39 heavy (non-hydrogen) atoms. The smallest absolute Gasteiger partial charge is 0.302 e. The summed E-state index contributed by atoms with van der Waals surface area (Å²) in [5.41, 5.74) is 0. The van der Waals surface area contributed by atoms with E-state index in [4.69, 9.17) is 18.1 Å². The number of rotatable bonds is 12. The van der Waals surface area contributed by atoms with Gasteiger partial charge in [0.25, 0.3) is 40.5 Å². The van der Waals surface area contributed by atoms with Crippen LogP contribution in [0.15, 0.2) is 0 Å². The Kier molecular flexibility index (Phi) is 9.44. The van der Waals surface area contributed by atoms with Crippen LogP contribution in [0.25, 0.3) is 0 Å². The van der Waals surface area contributed by atoms with Gasteiger partial charge in [-0.05, 0) is 6.42 Å². The molecule has 0 radical (unpaired) electrons. The van der Waals surface area contributed by atoms with Gasteiger partial charge in [0.2, 0.25) is 0 Å². The Morgan fingerprint density at radius 2 is 0.718 bits per heavy atom. The lowest BCUT2D eigenvalue weighted by Gasteiger charge is -2.25. The maximum Gasteiger partial charge on any atom is 0.331 e. The largest absolute Gasteiger partial charge is 0.331 e. The molecular formula is C15H26O18P2S4. The normalized spacial score (nSPS) is 35.9. The van der Waals surface area contributed by atoms with Crippen LogP contribution in [-0.4, -0.2) is 120 Å². The molecule has 4 rings (SSSR count). The van der Waals surface area contributed by atoms with Crippen molar-refractivity contribution in [3.05, 3.63) is 0 Å². The van der Waals surface area contributed by atoms with Crippen LogP contribution in [-0.2, 0) is 84.4 Å². The van der Waals surface area contributed by atoms with E-state index in [0.29, 0.717) is 0 Å². The fourth-order valence-electron chi connectivity index (χ4n) is 3.88. The Labute approximate surface area is 225 Å². The predicted octanol–water partition coefficient (Wildman–Crippen LogP) is -1.26. The topological polar surface area (TPSA) is 245 Å². The van der Waals surface area contributed by atoms with Crippen molar-refractivity contribution >= 4 is 55.7 Å². The van der Waals surface area contributed by atoms with E-state index in [-0.39, 0.29) is 6.42 Å². The van der Waals surface area contributed by atoms with Crippen LogP contribution in [0, 0.1) is 0 Å². The standard InChI is InChI=1S/C15H26O18P2S4/c16-34(30-12-4-26-36(18,19)8-12,31-13-5-27-37(20,21)9-13)2-1-3-35(17,32-14-6-28-38(22,23)10-14)33-15-7-29-39(24,25)11-15/h12-15H,1-11H2. The highest BCUT2D eigenvalue weighted by Crippen LogP contribution is 2.56. The molecule has 4 saturated heterocycles. The van der Waals surface area contributed by atoms with Crippen LogP contribution in [0.5, 0.6) is 0 Å². The van der Waals surface area contributed by atoms with Gasteiger partial charge in [-0.15, -0.1) is 0 Å². The van der Waals surface area contributed by atoms with Crippen molar-refractivity contribution in [3.63, 3.8) is 0 Å². The predicted molar refractivity (Wildman–Crippen MR) is 128 cm³/mol. The Morgan fingerprint density at radius 3 is 0.897 bits per heavy atom. The maximum absolute atomic E-state index is 13.6. The average molecular weight is 685 g/mol. The molecule has 0 bridgehead atoms. The maximum atomic E-state index is 13.6. The summed E-state index contributed by atoms with van der Waals surface area (Å²) in [6, 6.07) is 0. The lowest BCUT2D eigenvalue weighted by atomic mass is 10.5. The summed E-state index contributed by atoms with van der Waals surface area (Å²) in [6.07, 6.45) is -6.20. The Balaban J connectivity index is 1.46. The first-order valence-electron chi connectivity index (χ1n) is 11.2. The van der Waals surface area contributed by atoms with Gasteiger partial charge in [0, 0.05) is 0 Å². The van der Waals surface area contributed by atoms with E-state index >= 15 is 0 Å². The highest BCUT2D eigenvalue weighted by molar-refractivity contribution is 7.87. The van der Waals surface area contributed by atoms with Crippen molar-refractivity contribution in [3.8, 4) is 0 Å². The fraction of sp³-hybridized carbons (Fsp3) is 1.00. The molecule has 0 aromatic carbocycles. The average Bonchev–Trinajstić information content (AvgIpc) is 3.48. The van der Waals surface area contributed by atoms with Crippen molar-refractivity contribution in [1.82, 2.24) is 0 Å². The third-order valence-corrected chi connectivity index (χ3v) is 14.7. The minimum atomic E-state index is -4.29. The minimum Gasteiger partial charge on any atom is -0.302 e. The van der Waals surface area contributed by atoms with E-state index < -0.39 is 142 Å². The van der Waals surface area contributed by atoms with Crippen molar-refractivity contribution in [2.45, 2.75) is 30.8 Å². The summed E-state index contributed by atoms with van der Waals surface area (Å²) in [5, 5.41) is 0. The molecule has 24 heteroatoms. The highest BCUT2D eigenvalue weighted by Gasteiger charge is 2.44. The first-order valence-corrected chi connectivity index (χ1v) is 21.0. The lowest BCUT2D eigenvalue weighted by Crippen LogP contribution is -2.24. The molecule has 228 valence electrons. The van der Waals surface area contributed by atoms with E-state index in [9.17, 15) is 42.8 Å². The molecule has 0 aliphatic carbocycles. The summed E-state index contributed by atoms with van der Waals surface area (Å²) in [7, 11) is -24.3. The van der Waals surface area contributed by atoms with Crippen molar-refractivity contribution in [2.24, 2.45) is 0 Å². The van der Waals surface area contributed by atoms with Crippen LogP contribution >= 0.6 is 15.2 Å². The van der Waals surface area contributed by atoms with Gasteiger partial charge in [0.1, 0.15) is 47.4 Å². The van der Waals surface area contributed by atoms with E-state index in [1.165, 1.54) is 0 Å². The first-order chi connectivity index (χ1) is 17.8. The minimum absolute atomic E-state index is 0.310. The van der Waals surface area contributed by atoms with Gasteiger partial charge in [-0.1, -0.05) is 0 Å². The van der Waals surface area contributed by atoms with Gasteiger partial charge in [-0.2, -0.15) is 33.7 Å². The zero-order chi connectivity index (χ0) is 28.7. The molecule has 4 atom stereocenters. The Morgan fingerprint density at radius 1 is 0.487 bits per heavy atom. The van der Waals surface area contributed by atoms with Gasteiger partial charge in [-0.25, -0.2) is 0 Å². The quantitative estimate of drug-likeness (QED) is 0.172. The molecule has 4 aliphatic heterocycles. The zero-order valence-corrected chi connectivity index (χ0v) is 25.0. The second-order valence-electron chi connectivity index (χ2n) is 8.97. The molecule has 0 spiro atoms. The number of hydrogen-bond donors (Lipinski definition) is 0. The van der Waals surface area contributed by atoms with E-state index in [0.717, 1.165) is 0 Å². The van der Waals surface area contributed by atoms with Crippen LogP contribution in [0.3, 0.4) is 0 Å². The first kappa shape index (κ1) is 31.9. The second-order valence-corrected chi connectivity index (χ2v) is 19.9. The van der Waals surface area contributed by atoms with Crippen molar-refractivity contribution in [2.75, 3.05) is 61.8 Å². The highest BCUT2D eigenvalue weighted by atomic mass is 32.2. The lowest BCUT2D eigenvalue weighted by molar-refractivity contribution is 0.102. The van der Waals surface area contributed by atoms with E-state index in [2.05, 4.69) is 16.7 Å². The molecule has 4 heterocycles. The summed E-state index contributed by atoms with van der Waals surface area (Å²) in [5.74, 6) is -2.57. The molecule has 18 nitrogen and oxygen atoms in total. The van der Waals surface area contributed by atoms with Gasteiger partial charge in [0.15, 0.2) is 0 Å². The molecule has 4 unspecified atom stereocenters. The van der Waals surface area contributed by atoms with Gasteiger partial charge in [-0.3, -0.25) is 25.9 Å². The number of hydrogen-bond acceptors (Lipinski definition) is 18. The molecule has 4 fully saturated rings. The molecule has 4 aliphatic rings. The molecule has 0 aromatic rings. The third kappa shape index (κ3) is 9.47. The van der Waals surface area contributed by atoms with Gasteiger partial charge < -0.3 is 18.1 Å². The zero-order valence-electron chi connectivity index (χ0n) is 20.0. The van der Waals surface area contributed by atoms with Crippen LogP contribution in [0.2, 0.25) is 0 Å².